The van der Waals surface area contributed by atoms with Gasteiger partial charge < -0.3 is 0 Å². The first-order chi connectivity index (χ1) is 9.90. The van der Waals surface area contributed by atoms with E-state index in [1.807, 2.05) is 44.2 Å². The van der Waals surface area contributed by atoms with Crippen molar-refractivity contribution in [3.63, 3.8) is 0 Å². The molecule has 0 spiro atoms. The van der Waals surface area contributed by atoms with Crippen molar-refractivity contribution in [2.45, 2.75) is 37.7 Å². The van der Waals surface area contributed by atoms with E-state index in [1.54, 1.807) is 31.2 Å². The van der Waals surface area contributed by atoms with Crippen molar-refractivity contribution >= 4 is 10.1 Å². The second-order valence-electron chi connectivity index (χ2n) is 5.27. The molecule has 4 heteroatoms. The van der Waals surface area contributed by atoms with Crippen molar-refractivity contribution in [3.8, 4) is 0 Å². The Kier molecular flexibility index (Phi) is 4.80. The molecule has 0 amide bonds. The van der Waals surface area contributed by atoms with Crippen LogP contribution in [0.2, 0.25) is 0 Å². The van der Waals surface area contributed by atoms with Crippen molar-refractivity contribution in [1.82, 2.24) is 0 Å². The smallest absolute Gasteiger partial charge is 0.263 e. The minimum absolute atomic E-state index is 0.00794. The second kappa shape index (κ2) is 6.41. The Morgan fingerprint density at radius 3 is 2.05 bits per heavy atom. The molecule has 0 unspecified atom stereocenters. The lowest BCUT2D eigenvalue weighted by molar-refractivity contribution is 0.203. The van der Waals surface area contributed by atoms with Crippen LogP contribution in [0.5, 0.6) is 0 Å². The first-order valence-corrected chi connectivity index (χ1v) is 8.36. The van der Waals surface area contributed by atoms with Crippen LogP contribution >= 0.6 is 0 Å². The van der Waals surface area contributed by atoms with Gasteiger partial charge in [-0.3, -0.25) is 4.18 Å². The third kappa shape index (κ3) is 3.93. The quantitative estimate of drug-likeness (QED) is 0.787. The summed E-state index contributed by atoms with van der Waals surface area (Å²) in [5.74, 6) is -0.00794. The SMILES string of the molecule is Cc1ccc(S(=O)(=O)O[C@@H](C)[C@H](C)c2ccccc2)cc1. The second-order valence-corrected chi connectivity index (χ2v) is 6.84. The Labute approximate surface area is 126 Å². The molecule has 0 heterocycles. The number of hydrogen-bond acceptors (Lipinski definition) is 3. The van der Waals surface area contributed by atoms with Crippen LogP contribution in [0.3, 0.4) is 0 Å². The zero-order valence-electron chi connectivity index (χ0n) is 12.5. The van der Waals surface area contributed by atoms with Crippen LogP contribution < -0.4 is 0 Å². The standard InChI is InChI=1S/C17H20O3S/c1-13-9-11-17(12-10-13)21(18,19)20-15(3)14(2)16-7-5-4-6-8-16/h4-12,14-15H,1-3H3/t14-,15-/m0/s1. The molecule has 0 N–H and O–H groups in total. The van der Waals surface area contributed by atoms with Gasteiger partial charge in [-0.25, -0.2) is 0 Å². The molecule has 2 aromatic rings. The van der Waals surface area contributed by atoms with Crippen LogP contribution in [0.1, 0.15) is 30.9 Å². The molecule has 21 heavy (non-hydrogen) atoms. The highest BCUT2D eigenvalue weighted by atomic mass is 32.2. The third-order valence-corrected chi connectivity index (χ3v) is 5.02. The van der Waals surface area contributed by atoms with Gasteiger partial charge in [-0.15, -0.1) is 0 Å². The fourth-order valence-corrected chi connectivity index (χ4v) is 3.22. The van der Waals surface area contributed by atoms with E-state index < -0.39 is 16.2 Å². The van der Waals surface area contributed by atoms with Crippen LogP contribution in [-0.4, -0.2) is 14.5 Å². The molecule has 2 atom stereocenters. The maximum absolute atomic E-state index is 12.3. The molecule has 112 valence electrons. The molecular weight excluding hydrogens is 284 g/mol. The van der Waals surface area contributed by atoms with E-state index in [0.29, 0.717) is 0 Å². The number of hydrogen-bond donors (Lipinski definition) is 0. The zero-order valence-corrected chi connectivity index (χ0v) is 13.3. The summed E-state index contributed by atoms with van der Waals surface area (Å²) in [7, 11) is -3.73. The molecule has 0 aliphatic heterocycles. The number of rotatable bonds is 5. The molecule has 3 nitrogen and oxygen atoms in total. The molecule has 0 fully saturated rings. The molecule has 2 rings (SSSR count). The fourth-order valence-electron chi connectivity index (χ4n) is 2.07. The normalized spacial score (nSPS) is 14.6. The van der Waals surface area contributed by atoms with Gasteiger partial charge in [-0.05, 0) is 31.5 Å². The van der Waals surface area contributed by atoms with E-state index in [9.17, 15) is 8.42 Å². The molecule has 2 aromatic carbocycles. The minimum Gasteiger partial charge on any atom is -0.263 e. The predicted molar refractivity (Wildman–Crippen MR) is 83.8 cm³/mol. The molecular formula is C17H20O3S. The molecule has 0 aliphatic rings. The van der Waals surface area contributed by atoms with E-state index in [1.165, 1.54) is 0 Å². The van der Waals surface area contributed by atoms with Crippen LogP contribution in [-0.2, 0) is 14.3 Å². The van der Waals surface area contributed by atoms with E-state index in [0.717, 1.165) is 11.1 Å². The highest BCUT2D eigenvalue weighted by Gasteiger charge is 2.23. The Balaban J connectivity index is 2.14. The lowest BCUT2D eigenvalue weighted by atomic mass is 9.97. The van der Waals surface area contributed by atoms with Crippen molar-refractivity contribution in [2.75, 3.05) is 0 Å². The number of benzene rings is 2. The van der Waals surface area contributed by atoms with Gasteiger partial charge in [0.2, 0.25) is 0 Å². The van der Waals surface area contributed by atoms with Gasteiger partial charge >= 0.3 is 0 Å². The van der Waals surface area contributed by atoms with Gasteiger partial charge in [0.05, 0.1) is 11.0 Å². The average Bonchev–Trinajstić information content (AvgIpc) is 2.47. The fraction of sp³-hybridized carbons (Fsp3) is 0.294. The molecule has 0 aliphatic carbocycles. The van der Waals surface area contributed by atoms with E-state index in [4.69, 9.17) is 4.18 Å². The van der Waals surface area contributed by atoms with Gasteiger partial charge in [0.25, 0.3) is 10.1 Å². The summed E-state index contributed by atoms with van der Waals surface area (Å²) in [6.07, 6.45) is -0.432. The lowest BCUT2D eigenvalue weighted by Crippen LogP contribution is -2.21. The van der Waals surface area contributed by atoms with Crippen LogP contribution in [0.15, 0.2) is 59.5 Å². The first kappa shape index (κ1) is 15.7. The third-order valence-electron chi connectivity index (χ3n) is 3.62. The minimum atomic E-state index is -3.73. The molecule has 0 radical (unpaired) electrons. The summed E-state index contributed by atoms with van der Waals surface area (Å²) in [5.41, 5.74) is 2.07. The Morgan fingerprint density at radius 2 is 1.48 bits per heavy atom. The Morgan fingerprint density at radius 1 is 0.905 bits per heavy atom. The lowest BCUT2D eigenvalue weighted by Gasteiger charge is -2.20. The summed E-state index contributed by atoms with van der Waals surface area (Å²) in [6.45, 7) is 5.66. The van der Waals surface area contributed by atoms with Crippen molar-refractivity contribution in [3.05, 3.63) is 65.7 Å². The monoisotopic (exact) mass is 304 g/mol. The summed E-state index contributed by atoms with van der Waals surface area (Å²) >= 11 is 0. The van der Waals surface area contributed by atoms with E-state index in [2.05, 4.69) is 0 Å². The van der Waals surface area contributed by atoms with Gasteiger partial charge in [0, 0.05) is 5.92 Å². The maximum Gasteiger partial charge on any atom is 0.297 e. The van der Waals surface area contributed by atoms with Crippen molar-refractivity contribution < 1.29 is 12.6 Å². The predicted octanol–water partition coefficient (Wildman–Crippen LogP) is 3.89. The van der Waals surface area contributed by atoms with E-state index in [-0.39, 0.29) is 10.8 Å². The Bertz CT molecular complexity index is 676. The molecule has 0 aromatic heterocycles. The van der Waals surface area contributed by atoms with E-state index >= 15 is 0 Å². The van der Waals surface area contributed by atoms with Crippen LogP contribution in [0, 0.1) is 6.92 Å². The summed E-state index contributed by atoms with van der Waals surface area (Å²) in [4.78, 5) is 0.195. The topological polar surface area (TPSA) is 43.4 Å². The molecule has 0 bridgehead atoms. The maximum atomic E-state index is 12.3. The van der Waals surface area contributed by atoms with Gasteiger partial charge in [-0.2, -0.15) is 8.42 Å². The summed E-state index contributed by atoms with van der Waals surface area (Å²) < 4.78 is 29.9. The van der Waals surface area contributed by atoms with Gasteiger partial charge in [0.15, 0.2) is 0 Å². The van der Waals surface area contributed by atoms with Gasteiger partial charge in [0.1, 0.15) is 0 Å². The largest absolute Gasteiger partial charge is 0.297 e. The first-order valence-electron chi connectivity index (χ1n) is 6.95. The summed E-state index contributed by atoms with van der Waals surface area (Å²) in [5, 5.41) is 0. The number of aryl methyl sites for hydroxylation is 1. The van der Waals surface area contributed by atoms with Crippen molar-refractivity contribution in [1.29, 1.82) is 0 Å². The Hall–Kier alpha value is -1.65. The van der Waals surface area contributed by atoms with Crippen LogP contribution in [0.4, 0.5) is 0 Å². The summed E-state index contributed by atoms with van der Waals surface area (Å²) in [6, 6.07) is 16.4. The highest BCUT2D eigenvalue weighted by Crippen LogP contribution is 2.24. The average molecular weight is 304 g/mol. The molecule has 0 saturated carbocycles. The highest BCUT2D eigenvalue weighted by molar-refractivity contribution is 7.86. The molecule has 0 saturated heterocycles. The van der Waals surface area contributed by atoms with Crippen molar-refractivity contribution in [2.24, 2.45) is 0 Å². The zero-order chi connectivity index (χ0) is 15.5. The van der Waals surface area contributed by atoms with Crippen LogP contribution in [0.25, 0.3) is 0 Å². The van der Waals surface area contributed by atoms with Gasteiger partial charge in [-0.1, -0.05) is 55.0 Å².